The topological polar surface area (TPSA) is 60.9 Å². The molecule has 0 unspecified atom stereocenters. The molecule has 0 aliphatic carbocycles. The third-order valence-corrected chi connectivity index (χ3v) is 3.08. The summed E-state index contributed by atoms with van der Waals surface area (Å²) in [5, 5.41) is 9.21. The molecule has 0 aliphatic rings. The van der Waals surface area contributed by atoms with E-state index >= 15 is 0 Å². The second kappa shape index (κ2) is 7.75. The quantitative estimate of drug-likeness (QED) is 0.878. The fourth-order valence-electron chi connectivity index (χ4n) is 1.83. The molecule has 0 heterocycles. The molecule has 2 amide bonds. The van der Waals surface area contributed by atoms with Crippen molar-refractivity contribution in [3.63, 3.8) is 0 Å². The molecule has 0 radical (unpaired) electrons. The normalized spacial score (nSPS) is 10.2. The van der Waals surface area contributed by atoms with E-state index in [1.165, 1.54) is 4.90 Å². The van der Waals surface area contributed by atoms with Gasteiger partial charge in [0.25, 0.3) is 0 Å². The highest BCUT2D eigenvalue weighted by Crippen LogP contribution is 2.12. The number of amides is 2. The fraction of sp³-hybridized carbons (Fsp3) is 0.429. The number of aliphatic carboxylic acids is 1. The zero-order valence-electron chi connectivity index (χ0n) is 11.7. The summed E-state index contributed by atoms with van der Waals surface area (Å²) in [5.74, 6) is -0.849. The van der Waals surface area contributed by atoms with Crippen LogP contribution in [0.15, 0.2) is 24.3 Å². The third kappa shape index (κ3) is 5.48. The van der Waals surface area contributed by atoms with E-state index in [1.54, 1.807) is 25.1 Å². The number of rotatable bonds is 6. The zero-order chi connectivity index (χ0) is 15.1. The second-order valence-electron chi connectivity index (χ2n) is 4.69. The summed E-state index contributed by atoms with van der Waals surface area (Å²) in [7, 11) is 3.37. The summed E-state index contributed by atoms with van der Waals surface area (Å²) in [6, 6.07) is 7.20. The first-order valence-electron chi connectivity index (χ1n) is 6.32. The van der Waals surface area contributed by atoms with E-state index in [1.807, 2.05) is 18.2 Å². The summed E-state index contributed by atoms with van der Waals surface area (Å²) < 4.78 is 0. The van der Waals surface area contributed by atoms with Crippen LogP contribution in [0.3, 0.4) is 0 Å². The Morgan fingerprint density at radius 2 is 1.95 bits per heavy atom. The van der Waals surface area contributed by atoms with Crippen LogP contribution in [0.1, 0.15) is 18.4 Å². The van der Waals surface area contributed by atoms with Gasteiger partial charge in [-0.05, 0) is 24.1 Å². The van der Waals surface area contributed by atoms with Crippen LogP contribution < -0.4 is 0 Å². The second-order valence-corrected chi connectivity index (χ2v) is 5.12. The lowest BCUT2D eigenvalue weighted by Crippen LogP contribution is -2.38. The summed E-state index contributed by atoms with van der Waals surface area (Å²) in [6.07, 6.45) is 0.512. The van der Waals surface area contributed by atoms with Gasteiger partial charge in [-0.3, -0.25) is 4.79 Å². The molecule has 6 heteroatoms. The molecule has 20 heavy (non-hydrogen) atoms. The third-order valence-electron chi connectivity index (χ3n) is 2.85. The molecule has 0 aliphatic heterocycles. The van der Waals surface area contributed by atoms with E-state index in [2.05, 4.69) is 0 Å². The summed E-state index contributed by atoms with van der Waals surface area (Å²) in [6.45, 7) is 0.883. The predicted molar refractivity (Wildman–Crippen MR) is 77.8 cm³/mol. The van der Waals surface area contributed by atoms with Crippen LogP contribution in [-0.2, 0) is 11.3 Å². The molecule has 110 valence electrons. The standard InChI is InChI=1S/C14H19ClN2O3/c1-16(8-4-7-13(18)19)14(20)17(2)10-11-5-3-6-12(15)9-11/h3,5-6,9H,4,7-8,10H2,1-2H3,(H,18,19). The molecular weight excluding hydrogens is 280 g/mol. The first kappa shape index (κ1) is 16.3. The molecule has 1 aromatic carbocycles. The molecule has 1 rings (SSSR count). The molecule has 5 nitrogen and oxygen atoms in total. The van der Waals surface area contributed by atoms with Crippen molar-refractivity contribution >= 4 is 23.6 Å². The van der Waals surface area contributed by atoms with E-state index in [0.29, 0.717) is 24.5 Å². The summed E-state index contributed by atoms with van der Waals surface area (Å²) >= 11 is 5.90. The monoisotopic (exact) mass is 298 g/mol. The number of hydrogen-bond donors (Lipinski definition) is 1. The Labute approximate surface area is 123 Å². The SMILES string of the molecule is CN(CCCC(=O)O)C(=O)N(C)Cc1cccc(Cl)c1. The Kier molecular flexibility index (Phi) is 6.31. The molecular formula is C14H19ClN2O3. The van der Waals surface area contributed by atoms with Gasteiger partial charge in [-0.1, -0.05) is 23.7 Å². The van der Waals surface area contributed by atoms with Gasteiger partial charge >= 0.3 is 12.0 Å². The van der Waals surface area contributed by atoms with Crippen molar-refractivity contribution in [3.05, 3.63) is 34.9 Å². The minimum atomic E-state index is -0.849. The van der Waals surface area contributed by atoms with Crippen molar-refractivity contribution in [1.82, 2.24) is 9.80 Å². The average molecular weight is 299 g/mol. The Balaban J connectivity index is 2.47. The Morgan fingerprint density at radius 1 is 1.25 bits per heavy atom. The van der Waals surface area contributed by atoms with Crippen LogP contribution in [0.25, 0.3) is 0 Å². The number of benzene rings is 1. The number of hydrogen-bond acceptors (Lipinski definition) is 2. The first-order chi connectivity index (χ1) is 9.40. The Bertz CT molecular complexity index is 479. The van der Waals surface area contributed by atoms with Crippen molar-refractivity contribution in [3.8, 4) is 0 Å². The number of nitrogens with zero attached hydrogens (tertiary/aromatic N) is 2. The van der Waals surface area contributed by atoms with E-state index in [0.717, 1.165) is 5.56 Å². The molecule has 0 bridgehead atoms. The minimum absolute atomic E-state index is 0.0651. The van der Waals surface area contributed by atoms with Gasteiger partial charge in [-0.15, -0.1) is 0 Å². The van der Waals surface area contributed by atoms with Gasteiger partial charge in [-0.2, -0.15) is 0 Å². The van der Waals surface area contributed by atoms with E-state index in [9.17, 15) is 9.59 Å². The maximum atomic E-state index is 12.1. The van der Waals surface area contributed by atoms with E-state index < -0.39 is 5.97 Å². The van der Waals surface area contributed by atoms with Crippen molar-refractivity contribution < 1.29 is 14.7 Å². The first-order valence-corrected chi connectivity index (χ1v) is 6.70. The van der Waals surface area contributed by atoms with Crippen molar-refractivity contribution in [1.29, 1.82) is 0 Å². The molecule has 1 N–H and O–H groups in total. The largest absolute Gasteiger partial charge is 0.481 e. The highest BCUT2D eigenvalue weighted by Gasteiger charge is 2.14. The number of carbonyl (C=O) groups excluding carboxylic acids is 1. The smallest absolute Gasteiger partial charge is 0.319 e. The molecule has 1 aromatic rings. The summed E-state index contributed by atoms with van der Waals surface area (Å²) in [4.78, 5) is 25.6. The maximum absolute atomic E-state index is 12.1. The van der Waals surface area contributed by atoms with Crippen molar-refractivity contribution in [2.75, 3.05) is 20.6 Å². The van der Waals surface area contributed by atoms with E-state index in [-0.39, 0.29) is 12.5 Å². The molecule has 0 aromatic heterocycles. The fourth-order valence-corrected chi connectivity index (χ4v) is 2.04. The molecule has 0 atom stereocenters. The Morgan fingerprint density at radius 3 is 2.55 bits per heavy atom. The average Bonchev–Trinajstić information content (AvgIpc) is 2.37. The van der Waals surface area contributed by atoms with Gasteiger partial charge in [0.2, 0.25) is 0 Å². The summed E-state index contributed by atoms with van der Waals surface area (Å²) in [5.41, 5.74) is 0.951. The van der Waals surface area contributed by atoms with Gasteiger partial charge in [0.15, 0.2) is 0 Å². The molecule has 0 saturated carbocycles. The maximum Gasteiger partial charge on any atom is 0.319 e. The lowest BCUT2D eigenvalue weighted by atomic mass is 10.2. The number of carboxylic acid groups (broad SMARTS) is 1. The van der Waals surface area contributed by atoms with Gasteiger partial charge in [0.1, 0.15) is 0 Å². The highest BCUT2D eigenvalue weighted by molar-refractivity contribution is 6.30. The zero-order valence-corrected chi connectivity index (χ0v) is 12.4. The number of carboxylic acids is 1. The van der Waals surface area contributed by atoms with Crippen LogP contribution in [0.2, 0.25) is 5.02 Å². The van der Waals surface area contributed by atoms with Crippen molar-refractivity contribution in [2.45, 2.75) is 19.4 Å². The number of carbonyl (C=O) groups is 2. The number of halogens is 1. The van der Waals surface area contributed by atoms with Gasteiger partial charge in [-0.25, -0.2) is 4.79 Å². The van der Waals surface area contributed by atoms with Crippen molar-refractivity contribution in [2.24, 2.45) is 0 Å². The van der Waals surface area contributed by atoms with Crippen LogP contribution in [0, 0.1) is 0 Å². The molecule has 0 spiro atoms. The molecule has 0 fully saturated rings. The van der Waals surface area contributed by atoms with Gasteiger partial charge in [0.05, 0.1) is 0 Å². The van der Waals surface area contributed by atoms with Gasteiger partial charge < -0.3 is 14.9 Å². The van der Waals surface area contributed by atoms with Crippen LogP contribution in [-0.4, -0.2) is 47.5 Å². The molecule has 0 saturated heterocycles. The van der Waals surface area contributed by atoms with E-state index in [4.69, 9.17) is 16.7 Å². The van der Waals surface area contributed by atoms with Crippen LogP contribution in [0.4, 0.5) is 4.79 Å². The lowest BCUT2D eigenvalue weighted by molar-refractivity contribution is -0.137. The predicted octanol–water partition coefficient (Wildman–Crippen LogP) is 2.69. The number of urea groups is 1. The van der Waals surface area contributed by atoms with Crippen LogP contribution >= 0.6 is 11.6 Å². The minimum Gasteiger partial charge on any atom is -0.481 e. The lowest BCUT2D eigenvalue weighted by Gasteiger charge is -2.25. The Hall–Kier alpha value is -1.75. The highest BCUT2D eigenvalue weighted by atomic mass is 35.5. The van der Waals surface area contributed by atoms with Gasteiger partial charge in [0, 0.05) is 38.6 Å². The van der Waals surface area contributed by atoms with Crippen LogP contribution in [0.5, 0.6) is 0 Å².